The number of nitrogens with one attached hydrogen (secondary N) is 2. The van der Waals surface area contributed by atoms with Gasteiger partial charge < -0.3 is 4.90 Å². The topological polar surface area (TPSA) is 44.4 Å². The number of nitrogens with zero attached hydrogens (tertiary/aromatic N) is 1. The molecule has 1 unspecified atom stereocenters. The van der Waals surface area contributed by atoms with E-state index in [-0.39, 0.29) is 11.9 Å². The lowest BCUT2D eigenvalue weighted by atomic mass is 10.2. The van der Waals surface area contributed by atoms with Crippen LogP contribution >= 0.6 is 0 Å². The van der Waals surface area contributed by atoms with Crippen molar-refractivity contribution in [2.75, 3.05) is 19.0 Å². The number of amides is 1. The summed E-state index contributed by atoms with van der Waals surface area (Å²) in [6.07, 6.45) is 0.972. The molecular formula is C13H21N3O. The first kappa shape index (κ1) is 13.5. The largest absolute Gasteiger partial charge is 0.378 e. The van der Waals surface area contributed by atoms with Crippen molar-refractivity contribution in [1.29, 1.82) is 0 Å². The Morgan fingerprint density at radius 2 is 1.88 bits per heavy atom. The highest BCUT2D eigenvalue weighted by molar-refractivity contribution is 5.94. The van der Waals surface area contributed by atoms with Crippen LogP contribution in [0.25, 0.3) is 0 Å². The van der Waals surface area contributed by atoms with Crippen LogP contribution in [0.4, 0.5) is 5.69 Å². The van der Waals surface area contributed by atoms with Crippen molar-refractivity contribution < 1.29 is 4.79 Å². The van der Waals surface area contributed by atoms with Crippen LogP contribution in [0, 0.1) is 0 Å². The molecule has 0 fully saturated rings. The smallest absolute Gasteiger partial charge is 0.265 e. The molecule has 0 aliphatic heterocycles. The van der Waals surface area contributed by atoms with E-state index in [4.69, 9.17) is 0 Å². The lowest BCUT2D eigenvalue weighted by Gasteiger charge is -2.14. The third-order valence-electron chi connectivity index (χ3n) is 2.69. The van der Waals surface area contributed by atoms with E-state index in [0.717, 1.165) is 12.1 Å². The van der Waals surface area contributed by atoms with Gasteiger partial charge in [0, 0.05) is 31.4 Å². The molecule has 0 radical (unpaired) electrons. The first-order chi connectivity index (χ1) is 8.04. The van der Waals surface area contributed by atoms with Crippen LogP contribution in [-0.4, -0.2) is 26.0 Å². The molecule has 0 aliphatic rings. The first-order valence-electron chi connectivity index (χ1n) is 5.87. The van der Waals surface area contributed by atoms with Gasteiger partial charge in [-0.1, -0.05) is 6.92 Å². The quantitative estimate of drug-likeness (QED) is 0.765. The van der Waals surface area contributed by atoms with Gasteiger partial charge in [-0.25, -0.2) is 5.43 Å². The van der Waals surface area contributed by atoms with Gasteiger partial charge in [0.2, 0.25) is 0 Å². The molecule has 0 spiro atoms. The predicted molar refractivity (Wildman–Crippen MR) is 71.1 cm³/mol. The van der Waals surface area contributed by atoms with E-state index in [9.17, 15) is 4.79 Å². The van der Waals surface area contributed by atoms with E-state index in [1.807, 2.05) is 50.2 Å². The predicted octanol–water partition coefficient (Wildman–Crippen LogP) is 1.79. The fraction of sp³-hybridized carbons (Fsp3) is 0.462. The average Bonchev–Trinajstić information content (AvgIpc) is 2.35. The molecule has 0 saturated heterocycles. The number of benzene rings is 1. The lowest BCUT2D eigenvalue weighted by molar-refractivity contribution is 0.0926. The Morgan fingerprint density at radius 3 is 2.35 bits per heavy atom. The van der Waals surface area contributed by atoms with Crippen LogP contribution < -0.4 is 15.8 Å². The molecule has 0 aliphatic carbocycles. The minimum atomic E-state index is -0.101. The molecule has 4 nitrogen and oxygen atoms in total. The number of rotatable bonds is 5. The van der Waals surface area contributed by atoms with Crippen molar-refractivity contribution in [3.8, 4) is 0 Å². The number of hydrogen-bond donors (Lipinski definition) is 2. The Morgan fingerprint density at radius 1 is 1.29 bits per heavy atom. The van der Waals surface area contributed by atoms with Crippen LogP contribution in [-0.2, 0) is 0 Å². The summed E-state index contributed by atoms with van der Waals surface area (Å²) in [7, 11) is 3.94. The summed E-state index contributed by atoms with van der Waals surface area (Å²) in [5, 5.41) is 0. The summed E-state index contributed by atoms with van der Waals surface area (Å²) < 4.78 is 0. The zero-order valence-corrected chi connectivity index (χ0v) is 10.9. The van der Waals surface area contributed by atoms with Crippen molar-refractivity contribution in [2.24, 2.45) is 0 Å². The highest BCUT2D eigenvalue weighted by Gasteiger charge is 2.06. The van der Waals surface area contributed by atoms with E-state index in [1.54, 1.807) is 0 Å². The molecule has 1 aromatic rings. The maximum absolute atomic E-state index is 11.8. The van der Waals surface area contributed by atoms with Crippen molar-refractivity contribution in [2.45, 2.75) is 26.3 Å². The maximum Gasteiger partial charge on any atom is 0.265 e. The highest BCUT2D eigenvalue weighted by atomic mass is 16.2. The number of hydrazine groups is 1. The molecule has 1 atom stereocenters. The highest BCUT2D eigenvalue weighted by Crippen LogP contribution is 2.11. The fourth-order valence-electron chi connectivity index (χ4n) is 1.27. The van der Waals surface area contributed by atoms with Gasteiger partial charge in [-0.15, -0.1) is 0 Å². The number of carbonyl (C=O) groups is 1. The van der Waals surface area contributed by atoms with Crippen molar-refractivity contribution >= 4 is 11.6 Å². The summed E-state index contributed by atoms with van der Waals surface area (Å²) in [5.74, 6) is -0.101. The van der Waals surface area contributed by atoms with Crippen molar-refractivity contribution in [3.05, 3.63) is 29.8 Å². The molecule has 17 heavy (non-hydrogen) atoms. The number of hydrogen-bond acceptors (Lipinski definition) is 3. The number of carbonyl (C=O) groups excluding carboxylic acids is 1. The Balaban J connectivity index is 2.58. The van der Waals surface area contributed by atoms with E-state index in [1.165, 1.54) is 0 Å². The average molecular weight is 235 g/mol. The summed E-state index contributed by atoms with van der Waals surface area (Å²) in [6, 6.07) is 7.78. The normalized spacial score (nSPS) is 12.0. The van der Waals surface area contributed by atoms with Crippen LogP contribution in [0.1, 0.15) is 30.6 Å². The van der Waals surface area contributed by atoms with E-state index in [2.05, 4.69) is 17.8 Å². The Bertz CT molecular complexity index is 359. The number of anilines is 1. The molecule has 0 heterocycles. The monoisotopic (exact) mass is 235 g/mol. The molecule has 2 N–H and O–H groups in total. The SMILES string of the molecule is CCC(C)NNC(=O)c1ccc(N(C)C)cc1. The summed E-state index contributed by atoms with van der Waals surface area (Å²) in [6.45, 7) is 4.09. The van der Waals surface area contributed by atoms with Gasteiger partial charge in [0.25, 0.3) is 5.91 Å². The first-order valence-corrected chi connectivity index (χ1v) is 5.87. The molecule has 0 saturated carbocycles. The Hall–Kier alpha value is -1.55. The Kier molecular flexibility index (Phi) is 4.97. The van der Waals surface area contributed by atoms with Gasteiger partial charge in [0.15, 0.2) is 0 Å². The second-order valence-corrected chi connectivity index (χ2v) is 4.35. The third-order valence-corrected chi connectivity index (χ3v) is 2.69. The van der Waals surface area contributed by atoms with Crippen LogP contribution in [0.2, 0.25) is 0 Å². The minimum absolute atomic E-state index is 0.101. The summed E-state index contributed by atoms with van der Waals surface area (Å²) in [4.78, 5) is 13.8. The molecular weight excluding hydrogens is 214 g/mol. The maximum atomic E-state index is 11.8. The van der Waals surface area contributed by atoms with E-state index < -0.39 is 0 Å². The van der Waals surface area contributed by atoms with Crippen molar-refractivity contribution in [1.82, 2.24) is 10.9 Å². The van der Waals surface area contributed by atoms with E-state index >= 15 is 0 Å². The van der Waals surface area contributed by atoms with Crippen LogP contribution in [0.15, 0.2) is 24.3 Å². The van der Waals surface area contributed by atoms with Gasteiger partial charge >= 0.3 is 0 Å². The fourth-order valence-corrected chi connectivity index (χ4v) is 1.27. The molecule has 1 aromatic carbocycles. The van der Waals surface area contributed by atoms with Crippen LogP contribution in [0.5, 0.6) is 0 Å². The molecule has 1 amide bonds. The zero-order valence-electron chi connectivity index (χ0n) is 10.9. The molecule has 0 bridgehead atoms. The van der Waals surface area contributed by atoms with Gasteiger partial charge in [-0.3, -0.25) is 10.2 Å². The van der Waals surface area contributed by atoms with Gasteiger partial charge in [0.1, 0.15) is 0 Å². The summed E-state index contributed by atoms with van der Waals surface area (Å²) in [5.41, 5.74) is 7.39. The van der Waals surface area contributed by atoms with Crippen molar-refractivity contribution in [3.63, 3.8) is 0 Å². The molecule has 0 aromatic heterocycles. The molecule has 1 rings (SSSR count). The molecule has 94 valence electrons. The second kappa shape index (κ2) is 6.25. The standard InChI is InChI=1S/C13H21N3O/c1-5-10(2)14-15-13(17)11-6-8-12(9-7-11)16(3)4/h6-10,14H,5H2,1-4H3,(H,15,17). The van der Waals surface area contributed by atoms with Gasteiger partial charge in [-0.2, -0.15) is 0 Å². The minimum Gasteiger partial charge on any atom is -0.378 e. The molecule has 4 heteroatoms. The summed E-state index contributed by atoms with van der Waals surface area (Å²) >= 11 is 0. The van der Waals surface area contributed by atoms with Gasteiger partial charge in [0.05, 0.1) is 0 Å². The van der Waals surface area contributed by atoms with Crippen LogP contribution in [0.3, 0.4) is 0 Å². The van der Waals surface area contributed by atoms with E-state index in [0.29, 0.717) is 5.56 Å². The Labute approximate surface area is 103 Å². The van der Waals surface area contributed by atoms with Gasteiger partial charge in [-0.05, 0) is 37.6 Å². The lowest BCUT2D eigenvalue weighted by Crippen LogP contribution is -2.42. The third kappa shape index (κ3) is 4.07. The second-order valence-electron chi connectivity index (χ2n) is 4.35. The zero-order chi connectivity index (χ0) is 12.8.